The van der Waals surface area contributed by atoms with Crippen LogP contribution in [0, 0.1) is 18.3 Å². The summed E-state index contributed by atoms with van der Waals surface area (Å²) in [6, 6.07) is 10.7. The lowest BCUT2D eigenvalue weighted by molar-refractivity contribution is 0.982. The monoisotopic (exact) mass is 278 g/mol. The number of H-pyrrole nitrogens is 1. The summed E-state index contributed by atoms with van der Waals surface area (Å²) < 4.78 is 1.29. The van der Waals surface area contributed by atoms with Crippen molar-refractivity contribution >= 4 is 11.0 Å². The van der Waals surface area contributed by atoms with Gasteiger partial charge in [-0.3, -0.25) is 14.2 Å². The van der Waals surface area contributed by atoms with Crippen molar-refractivity contribution in [2.45, 2.75) is 6.92 Å². The van der Waals surface area contributed by atoms with Crippen molar-refractivity contribution in [3.63, 3.8) is 0 Å². The van der Waals surface area contributed by atoms with Crippen LogP contribution in [0.1, 0.15) is 11.1 Å². The molecule has 0 amide bonds. The third-order valence-corrected chi connectivity index (χ3v) is 3.34. The van der Waals surface area contributed by atoms with Gasteiger partial charge >= 0.3 is 0 Å². The Bertz CT molecular complexity index is 994. The van der Waals surface area contributed by atoms with Gasteiger partial charge in [0, 0.05) is 0 Å². The van der Waals surface area contributed by atoms with Gasteiger partial charge in [-0.2, -0.15) is 5.26 Å². The maximum Gasteiger partial charge on any atom is 0.274 e. The van der Waals surface area contributed by atoms with Gasteiger partial charge in [0.05, 0.1) is 17.4 Å². The maximum atomic E-state index is 12.5. The number of hydrogen-bond acceptors (Lipinski definition) is 4. The third-order valence-electron chi connectivity index (χ3n) is 3.34. The number of nitrogens with zero attached hydrogens (tertiary/aromatic N) is 3. The fourth-order valence-electron chi connectivity index (χ4n) is 2.34. The smallest absolute Gasteiger partial charge is 0.274 e. The van der Waals surface area contributed by atoms with Gasteiger partial charge in [0.25, 0.3) is 11.1 Å². The Morgan fingerprint density at radius 1 is 1.24 bits per heavy atom. The molecule has 0 aliphatic carbocycles. The first-order valence-corrected chi connectivity index (χ1v) is 6.23. The first-order valence-electron chi connectivity index (χ1n) is 6.23. The fourth-order valence-corrected chi connectivity index (χ4v) is 2.34. The van der Waals surface area contributed by atoms with Gasteiger partial charge in [-0.25, -0.2) is 4.98 Å². The van der Waals surface area contributed by atoms with Crippen LogP contribution in [0.15, 0.2) is 46.2 Å². The van der Waals surface area contributed by atoms with Gasteiger partial charge in [0.15, 0.2) is 5.65 Å². The number of aromatic amines is 1. The van der Waals surface area contributed by atoms with E-state index < -0.39 is 5.56 Å². The Morgan fingerprint density at radius 2 is 1.95 bits per heavy atom. The topological polar surface area (TPSA) is 91.5 Å². The van der Waals surface area contributed by atoms with Crippen molar-refractivity contribution in [2.75, 3.05) is 0 Å². The number of fused-ring (bicyclic) bond motifs is 1. The summed E-state index contributed by atoms with van der Waals surface area (Å²) >= 11 is 0. The second kappa shape index (κ2) is 4.72. The van der Waals surface area contributed by atoms with E-state index in [1.165, 1.54) is 10.9 Å². The summed E-state index contributed by atoms with van der Waals surface area (Å²) in [6.45, 7) is 1.58. The van der Waals surface area contributed by atoms with Crippen LogP contribution in [0.25, 0.3) is 16.7 Å². The molecule has 3 rings (SSSR count). The highest BCUT2D eigenvalue weighted by molar-refractivity contribution is 5.81. The lowest BCUT2D eigenvalue weighted by atomic mass is 10.1. The van der Waals surface area contributed by atoms with E-state index in [9.17, 15) is 14.9 Å². The lowest BCUT2D eigenvalue weighted by Gasteiger charge is -2.11. The zero-order valence-electron chi connectivity index (χ0n) is 11.1. The molecule has 2 aromatic heterocycles. The molecule has 2 heterocycles. The van der Waals surface area contributed by atoms with Crippen LogP contribution in [0.5, 0.6) is 0 Å². The molecule has 21 heavy (non-hydrogen) atoms. The zero-order valence-corrected chi connectivity index (χ0v) is 11.1. The van der Waals surface area contributed by atoms with Gasteiger partial charge in [0.2, 0.25) is 0 Å². The Hall–Kier alpha value is -3.20. The number of hydrogen-bond donors (Lipinski definition) is 1. The van der Waals surface area contributed by atoms with E-state index in [4.69, 9.17) is 0 Å². The molecule has 0 aliphatic rings. The van der Waals surface area contributed by atoms with Gasteiger partial charge in [0.1, 0.15) is 11.6 Å². The summed E-state index contributed by atoms with van der Waals surface area (Å²) in [6.07, 6.45) is 1.25. The predicted octanol–water partition coefficient (Wildman–Crippen LogP) is 1.25. The van der Waals surface area contributed by atoms with Crippen LogP contribution >= 0.6 is 0 Å². The Labute approximate surface area is 118 Å². The Morgan fingerprint density at radius 3 is 2.62 bits per heavy atom. The van der Waals surface area contributed by atoms with Crippen molar-refractivity contribution in [1.82, 2.24) is 14.5 Å². The van der Waals surface area contributed by atoms with Crippen LogP contribution in [0.4, 0.5) is 0 Å². The van der Waals surface area contributed by atoms with Gasteiger partial charge in [-0.05, 0) is 24.6 Å². The average molecular weight is 278 g/mol. The highest BCUT2D eigenvalue weighted by Gasteiger charge is 2.17. The van der Waals surface area contributed by atoms with Crippen LogP contribution in [-0.2, 0) is 0 Å². The first-order chi connectivity index (χ1) is 10.1. The minimum Gasteiger partial charge on any atom is -0.312 e. The molecule has 1 N–H and O–H groups in total. The third kappa shape index (κ3) is 1.83. The minimum absolute atomic E-state index is 0.0511. The van der Waals surface area contributed by atoms with E-state index >= 15 is 0 Å². The van der Waals surface area contributed by atoms with E-state index in [1.807, 2.05) is 12.1 Å². The number of pyridine rings is 1. The van der Waals surface area contributed by atoms with Crippen molar-refractivity contribution < 1.29 is 0 Å². The van der Waals surface area contributed by atoms with Crippen molar-refractivity contribution in [2.24, 2.45) is 0 Å². The molecule has 3 aromatic rings. The van der Waals surface area contributed by atoms with E-state index in [2.05, 4.69) is 9.97 Å². The molecule has 0 fully saturated rings. The molecule has 0 aliphatic heterocycles. The number of nitrogens with one attached hydrogen (secondary N) is 1. The van der Waals surface area contributed by atoms with E-state index in [0.717, 1.165) is 0 Å². The molecule has 0 saturated heterocycles. The largest absolute Gasteiger partial charge is 0.312 e. The molecule has 0 bridgehead atoms. The van der Waals surface area contributed by atoms with E-state index in [1.54, 1.807) is 31.2 Å². The SMILES string of the molecule is Cc1c(C#N)c(=O)n(-c2ccccc2)c2nc[nH]c(=O)c12. The van der Waals surface area contributed by atoms with Crippen LogP contribution < -0.4 is 11.1 Å². The molecular weight excluding hydrogens is 268 g/mol. The normalized spacial score (nSPS) is 10.5. The van der Waals surface area contributed by atoms with E-state index in [-0.39, 0.29) is 22.2 Å². The maximum absolute atomic E-state index is 12.5. The second-order valence-corrected chi connectivity index (χ2v) is 4.52. The molecule has 0 unspecified atom stereocenters. The molecule has 0 radical (unpaired) electrons. The first kappa shape index (κ1) is 12.8. The molecule has 1 aromatic carbocycles. The summed E-state index contributed by atoms with van der Waals surface area (Å²) in [5.41, 5.74) is 0.239. The fraction of sp³-hybridized carbons (Fsp3) is 0.0667. The second-order valence-electron chi connectivity index (χ2n) is 4.52. The molecule has 6 heteroatoms. The zero-order chi connectivity index (χ0) is 15.0. The molecular formula is C15H10N4O2. The minimum atomic E-state index is -0.480. The van der Waals surface area contributed by atoms with Crippen LogP contribution in [0.3, 0.4) is 0 Å². The molecule has 0 atom stereocenters. The van der Waals surface area contributed by atoms with Gasteiger partial charge in [-0.1, -0.05) is 18.2 Å². The number of rotatable bonds is 1. The number of para-hydroxylation sites is 1. The summed E-state index contributed by atoms with van der Waals surface area (Å²) in [4.78, 5) is 31.2. The molecule has 102 valence electrons. The van der Waals surface area contributed by atoms with Gasteiger partial charge in [-0.15, -0.1) is 0 Å². The lowest BCUT2D eigenvalue weighted by Crippen LogP contribution is -2.26. The van der Waals surface area contributed by atoms with Crippen molar-refractivity contribution in [3.05, 3.63) is 68.5 Å². The molecule has 6 nitrogen and oxygen atoms in total. The number of benzene rings is 1. The highest BCUT2D eigenvalue weighted by atomic mass is 16.1. The average Bonchev–Trinajstić information content (AvgIpc) is 2.48. The predicted molar refractivity (Wildman–Crippen MR) is 77.4 cm³/mol. The highest BCUT2D eigenvalue weighted by Crippen LogP contribution is 2.16. The standard InChI is InChI=1S/C15H10N4O2/c1-9-11(7-16)15(21)19(10-5-3-2-4-6-10)13-12(9)14(20)18-8-17-13/h2-6,8H,1H3,(H,17,18,20). The summed E-state index contributed by atoms with van der Waals surface area (Å²) in [5.74, 6) is 0. The van der Waals surface area contributed by atoms with E-state index in [0.29, 0.717) is 11.3 Å². The Balaban J connectivity index is 2.63. The molecule has 0 saturated carbocycles. The quantitative estimate of drug-likeness (QED) is 0.725. The van der Waals surface area contributed by atoms with Crippen LogP contribution in [-0.4, -0.2) is 14.5 Å². The molecule has 0 spiro atoms. The number of nitriles is 1. The van der Waals surface area contributed by atoms with Gasteiger partial charge < -0.3 is 4.98 Å². The Kier molecular flexibility index (Phi) is 2.88. The van der Waals surface area contributed by atoms with Crippen molar-refractivity contribution in [1.29, 1.82) is 5.26 Å². The summed E-state index contributed by atoms with van der Waals surface area (Å²) in [7, 11) is 0. The number of aryl methyl sites for hydroxylation is 1. The number of aromatic nitrogens is 3. The van der Waals surface area contributed by atoms with Crippen molar-refractivity contribution in [3.8, 4) is 11.8 Å². The van der Waals surface area contributed by atoms with Crippen LogP contribution in [0.2, 0.25) is 0 Å². The summed E-state index contributed by atoms with van der Waals surface area (Å²) in [5, 5.41) is 9.47.